The van der Waals surface area contributed by atoms with E-state index in [4.69, 9.17) is 0 Å². The van der Waals surface area contributed by atoms with Crippen molar-refractivity contribution in [2.75, 3.05) is 19.6 Å². The lowest BCUT2D eigenvalue weighted by atomic mass is 10.1. The quantitative estimate of drug-likeness (QED) is 0.741. The highest BCUT2D eigenvalue weighted by Crippen LogP contribution is 2.23. The van der Waals surface area contributed by atoms with Gasteiger partial charge in [-0.25, -0.2) is 0 Å². The summed E-state index contributed by atoms with van der Waals surface area (Å²) in [5.41, 5.74) is 1.89. The third kappa shape index (κ3) is 3.78. The molecule has 0 radical (unpaired) electrons. The van der Waals surface area contributed by atoms with Crippen molar-refractivity contribution in [3.05, 3.63) is 65.2 Å². The Morgan fingerprint density at radius 3 is 2.15 bits per heavy atom. The smallest absolute Gasteiger partial charge is 0.261 e. The average molecular weight is 352 g/mol. The van der Waals surface area contributed by atoms with Crippen molar-refractivity contribution in [2.24, 2.45) is 0 Å². The highest BCUT2D eigenvalue weighted by molar-refractivity contribution is 6.21. The molecule has 0 spiro atoms. The molecule has 0 unspecified atom stereocenters. The van der Waals surface area contributed by atoms with Gasteiger partial charge in [-0.2, -0.15) is 0 Å². The maximum Gasteiger partial charge on any atom is 0.261 e. The average Bonchev–Trinajstić information content (AvgIpc) is 2.89. The van der Waals surface area contributed by atoms with E-state index in [1.54, 1.807) is 30.3 Å². The van der Waals surface area contributed by atoms with Crippen LogP contribution in [0, 0.1) is 0 Å². The molecule has 0 bridgehead atoms. The molecule has 0 aromatic heterocycles. The van der Waals surface area contributed by atoms with Crippen LogP contribution in [-0.2, 0) is 6.54 Å². The van der Waals surface area contributed by atoms with Crippen molar-refractivity contribution in [3.8, 4) is 5.75 Å². The van der Waals surface area contributed by atoms with E-state index in [2.05, 4.69) is 11.8 Å². The van der Waals surface area contributed by atoms with Crippen LogP contribution in [0.25, 0.3) is 0 Å². The van der Waals surface area contributed by atoms with Crippen molar-refractivity contribution >= 4 is 11.8 Å². The van der Waals surface area contributed by atoms with E-state index >= 15 is 0 Å². The first-order chi connectivity index (χ1) is 12.6. The van der Waals surface area contributed by atoms with Gasteiger partial charge in [0.15, 0.2) is 0 Å². The molecule has 1 aliphatic heterocycles. The fraction of sp³-hybridized carbons (Fsp3) is 0.333. The van der Waals surface area contributed by atoms with Crippen LogP contribution in [0.2, 0.25) is 0 Å². The molecule has 1 aliphatic rings. The van der Waals surface area contributed by atoms with Gasteiger partial charge in [-0.1, -0.05) is 37.3 Å². The van der Waals surface area contributed by atoms with E-state index in [1.165, 1.54) is 4.90 Å². The molecule has 1 heterocycles. The van der Waals surface area contributed by atoms with Crippen LogP contribution in [-0.4, -0.2) is 46.4 Å². The zero-order valence-electron chi connectivity index (χ0n) is 15.0. The van der Waals surface area contributed by atoms with Crippen molar-refractivity contribution in [1.29, 1.82) is 0 Å². The van der Waals surface area contributed by atoms with Crippen molar-refractivity contribution < 1.29 is 14.7 Å². The number of phenolic OH excluding ortho intramolecular Hbond substituents is 1. The Balaban J connectivity index is 1.58. The van der Waals surface area contributed by atoms with Gasteiger partial charge in [-0.05, 0) is 37.6 Å². The molecule has 3 rings (SSSR count). The molecule has 1 N–H and O–H groups in total. The number of fused-ring (bicyclic) bond motifs is 1. The Bertz CT molecular complexity index is 768. The highest BCUT2D eigenvalue weighted by Gasteiger charge is 2.34. The Hall–Kier alpha value is -2.66. The van der Waals surface area contributed by atoms with E-state index in [1.807, 2.05) is 18.2 Å². The highest BCUT2D eigenvalue weighted by atomic mass is 16.3. The van der Waals surface area contributed by atoms with Crippen LogP contribution in [0.4, 0.5) is 0 Å². The molecular weight excluding hydrogens is 328 g/mol. The maximum atomic E-state index is 12.4. The minimum atomic E-state index is -0.201. The number of carbonyl (C=O) groups excluding carboxylic acids is 2. The number of imide groups is 1. The Morgan fingerprint density at radius 1 is 0.923 bits per heavy atom. The van der Waals surface area contributed by atoms with Gasteiger partial charge in [0.25, 0.3) is 11.8 Å². The summed E-state index contributed by atoms with van der Waals surface area (Å²) >= 11 is 0. The van der Waals surface area contributed by atoms with Gasteiger partial charge in [-0.3, -0.25) is 19.4 Å². The normalized spacial score (nSPS) is 13.5. The third-order valence-corrected chi connectivity index (χ3v) is 4.66. The number of amides is 2. The summed E-state index contributed by atoms with van der Waals surface area (Å²) in [5, 5.41) is 9.97. The summed E-state index contributed by atoms with van der Waals surface area (Å²) in [5.74, 6) is -0.101. The summed E-state index contributed by atoms with van der Waals surface area (Å²) in [6.07, 6.45) is 1.71. The molecule has 2 amide bonds. The van der Waals surface area contributed by atoms with Gasteiger partial charge >= 0.3 is 0 Å². The van der Waals surface area contributed by atoms with Crippen molar-refractivity contribution in [1.82, 2.24) is 9.80 Å². The summed E-state index contributed by atoms with van der Waals surface area (Å²) in [4.78, 5) is 28.4. The molecule has 0 saturated heterocycles. The van der Waals surface area contributed by atoms with Gasteiger partial charge in [0.05, 0.1) is 11.1 Å². The summed E-state index contributed by atoms with van der Waals surface area (Å²) in [6.45, 7) is 4.84. The van der Waals surface area contributed by atoms with Gasteiger partial charge in [0, 0.05) is 25.2 Å². The zero-order valence-corrected chi connectivity index (χ0v) is 15.0. The number of aromatic hydroxyl groups is 1. The molecule has 5 heteroatoms. The van der Waals surface area contributed by atoms with Crippen LogP contribution in [0.5, 0.6) is 5.75 Å². The second-order valence-corrected chi connectivity index (χ2v) is 6.57. The van der Waals surface area contributed by atoms with Crippen LogP contribution < -0.4 is 0 Å². The zero-order chi connectivity index (χ0) is 18.5. The number of para-hydroxylation sites is 1. The molecule has 2 aromatic carbocycles. The molecule has 0 atom stereocenters. The van der Waals surface area contributed by atoms with E-state index in [-0.39, 0.29) is 11.8 Å². The SMILES string of the molecule is CCCN(CCCN1C(=O)c2ccccc2C1=O)Cc1ccccc1O. The number of hydrogen-bond acceptors (Lipinski definition) is 4. The first kappa shape index (κ1) is 18.1. The maximum absolute atomic E-state index is 12.4. The molecule has 2 aromatic rings. The molecule has 0 aliphatic carbocycles. The molecular formula is C21H24N2O3. The number of rotatable bonds is 8. The van der Waals surface area contributed by atoms with E-state index < -0.39 is 0 Å². The topological polar surface area (TPSA) is 60.9 Å². The van der Waals surface area contributed by atoms with Gasteiger partial charge in [0.1, 0.15) is 5.75 Å². The monoisotopic (exact) mass is 352 g/mol. The summed E-state index contributed by atoms with van der Waals surface area (Å²) in [6, 6.07) is 14.3. The number of hydrogen-bond donors (Lipinski definition) is 1. The first-order valence-corrected chi connectivity index (χ1v) is 9.06. The lowest BCUT2D eigenvalue weighted by molar-refractivity contribution is 0.0646. The van der Waals surface area contributed by atoms with E-state index in [9.17, 15) is 14.7 Å². The van der Waals surface area contributed by atoms with Crippen LogP contribution in [0.15, 0.2) is 48.5 Å². The molecule has 0 saturated carbocycles. The standard InChI is InChI=1S/C21H24N2O3/c1-2-12-22(15-16-8-3-6-11-19(16)24)13-7-14-23-20(25)17-9-4-5-10-18(17)21(23)26/h3-6,8-11,24H,2,7,12-15H2,1H3. The van der Waals surface area contributed by atoms with Crippen LogP contribution in [0.1, 0.15) is 46.0 Å². The van der Waals surface area contributed by atoms with Gasteiger partial charge < -0.3 is 5.11 Å². The summed E-state index contributed by atoms with van der Waals surface area (Å²) in [7, 11) is 0. The summed E-state index contributed by atoms with van der Waals surface area (Å²) < 4.78 is 0. The van der Waals surface area contributed by atoms with Crippen LogP contribution in [0.3, 0.4) is 0 Å². The van der Waals surface area contributed by atoms with E-state index in [0.717, 1.165) is 25.1 Å². The second-order valence-electron chi connectivity index (χ2n) is 6.57. The van der Waals surface area contributed by atoms with Gasteiger partial charge in [-0.15, -0.1) is 0 Å². The third-order valence-electron chi connectivity index (χ3n) is 4.66. The van der Waals surface area contributed by atoms with Crippen LogP contribution >= 0.6 is 0 Å². The van der Waals surface area contributed by atoms with Gasteiger partial charge in [0.2, 0.25) is 0 Å². The predicted octanol–water partition coefficient (Wildman–Crippen LogP) is 3.29. The van der Waals surface area contributed by atoms with Crippen molar-refractivity contribution in [3.63, 3.8) is 0 Å². The van der Waals surface area contributed by atoms with Crippen molar-refractivity contribution in [2.45, 2.75) is 26.3 Å². The molecule has 0 fully saturated rings. The Morgan fingerprint density at radius 2 is 1.54 bits per heavy atom. The molecule has 5 nitrogen and oxygen atoms in total. The lowest BCUT2D eigenvalue weighted by Crippen LogP contribution is -2.33. The Kier molecular flexibility index (Phi) is 5.68. The largest absolute Gasteiger partial charge is 0.508 e. The Labute approximate surface area is 153 Å². The van der Waals surface area contributed by atoms with E-state index in [0.29, 0.717) is 36.4 Å². The molecule has 136 valence electrons. The fourth-order valence-electron chi connectivity index (χ4n) is 3.37. The minimum Gasteiger partial charge on any atom is -0.508 e. The lowest BCUT2D eigenvalue weighted by Gasteiger charge is -2.23. The second kappa shape index (κ2) is 8.15. The number of phenols is 1. The first-order valence-electron chi connectivity index (χ1n) is 9.06. The predicted molar refractivity (Wildman–Crippen MR) is 100 cm³/mol. The number of carbonyl (C=O) groups is 2. The number of benzene rings is 2. The number of nitrogens with zero attached hydrogens (tertiary/aromatic N) is 2. The minimum absolute atomic E-state index is 0.201. The molecule has 26 heavy (non-hydrogen) atoms. The fourth-order valence-corrected chi connectivity index (χ4v) is 3.37.